The molecule has 18 heavy (non-hydrogen) atoms. The second-order valence-electron chi connectivity index (χ2n) is 4.51. The molecule has 0 amide bonds. The van der Waals surface area contributed by atoms with Crippen molar-refractivity contribution in [2.24, 2.45) is 0 Å². The molecule has 0 aromatic heterocycles. The highest BCUT2D eigenvalue weighted by atomic mass is 16.4. The van der Waals surface area contributed by atoms with E-state index in [1.54, 1.807) is 0 Å². The van der Waals surface area contributed by atoms with Crippen LogP contribution in [0.3, 0.4) is 0 Å². The van der Waals surface area contributed by atoms with Gasteiger partial charge in [0.2, 0.25) is 0 Å². The van der Waals surface area contributed by atoms with E-state index in [2.05, 4.69) is 16.7 Å². The molecule has 0 aliphatic heterocycles. The minimum atomic E-state index is -0.739. The number of rotatable bonds is 5. The number of carboxylic acids is 1. The van der Waals surface area contributed by atoms with Gasteiger partial charge >= 0.3 is 5.97 Å². The van der Waals surface area contributed by atoms with E-state index in [-0.39, 0.29) is 6.42 Å². The first-order valence-electron chi connectivity index (χ1n) is 6.25. The second-order valence-corrected chi connectivity index (χ2v) is 4.51. The van der Waals surface area contributed by atoms with Gasteiger partial charge in [-0.1, -0.05) is 30.0 Å². The van der Waals surface area contributed by atoms with E-state index < -0.39 is 5.97 Å². The smallest absolute Gasteiger partial charge is 0.304 e. The van der Waals surface area contributed by atoms with Crippen LogP contribution in [0.2, 0.25) is 0 Å². The Morgan fingerprint density at radius 3 is 2.67 bits per heavy atom. The first-order chi connectivity index (χ1) is 8.75. The summed E-state index contributed by atoms with van der Waals surface area (Å²) in [6, 6.07) is 10.4. The zero-order valence-corrected chi connectivity index (χ0v) is 10.3. The highest BCUT2D eigenvalue weighted by molar-refractivity contribution is 5.66. The number of hydrogen-bond acceptors (Lipinski definition) is 2. The summed E-state index contributed by atoms with van der Waals surface area (Å²) in [5, 5.41) is 8.71. The highest BCUT2D eigenvalue weighted by Gasteiger charge is 2.28. The van der Waals surface area contributed by atoms with E-state index in [1.165, 1.54) is 12.8 Å². The Labute approximate surface area is 107 Å². The Morgan fingerprint density at radius 1 is 1.33 bits per heavy atom. The molecular formula is C15H17NO2. The Bertz CT molecular complexity index is 454. The molecule has 1 aromatic carbocycles. The number of benzene rings is 1. The maximum absolute atomic E-state index is 10.6. The second kappa shape index (κ2) is 6.23. The summed E-state index contributed by atoms with van der Waals surface area (Å²) in [6.07, 6.45) is 2.54. The van der Waals surface area contributed by atoms with E-state index in [0.29, 0.717) is 19.1 Å². The van der Waals surface area contributed by atoms with Crippen molar-refractivity contribution < 1.29 is 9.90 Å². The fourth-order valence-electron chi connectivity index (χ4n) is 1.83. The van der Waals surface area contributed by atoms with E-state index in [9.17, 15) is 4.79 Å². The summed E-state index contributed by atoms with van der Waals surface area (Å²) < 4.78 is 0. The fourth-order valence-corrected chi connectivity index (χ4v) is 1.83. The maximum Gasteiger partial charge on any atom is 0.304 e. The van der Waals surface area contributed by atoms with Gasteiger partial charge in [0.25, 0.3) is 0 Å². The van der Waals surface area contributed by atoms with E-state index >= 15 is 0 Å². The van der Waals surface area contributed by atoms with Gasteiger partial charge in [0.1, 0.15) is 0 Å². The molecule has 2 rings (SSSR count). The molecule has 94 valence electrons. The number of nitrogens with zero attached hydrogens (tertiary/aromatic N) is 1. The molecular weight excluding hydrogens is 226 g/mol. The van der Waals surface area contributed by atoms with Gasteiger partial charge in [0.15, 0.2) is 0 Å². The van der Waals surface area contributed by atoms with E-state index in [0.717, 1.165) is 5.56 Å². The van der Waals surface area contributed by atoms with Crippen molar-refractivity contribution in [2.75, 3.05) is 13.1 Å². The van der Waals surface area contributed by atoms with Gasteiger partial charge in [-0.3, -0.25) is 9.69 Å². The first kappa shape index (κ1) is 12.7. The molecule has 1 aliphatic rings. The van der Waals surface area contributed by atoms with Crippen LogP contribution in [0.5, 0.6) is 0 Å². The predicted molar refractivity (Wildman–Crippen MR) is 70.2 cm³/mol. The number of hydrogen-bond donors (Lipinski definition) is 1. The lowest BCUT2D eigenvalue weighted by Gasteiger charge is -2.17. The van der Waals surface area contributed by atoms with E-state index in [1.807, 2.05) is 30.3 Å². The molecule has 0 atom stereocenters. The maximum atomic E-state index is 10.6. The largest absolute Gasteiger partial charge is 0.481 e. The van der Waals surface area contributed by atoms with Crippen LogP contribution in [0.25, 0.3) is 0 Å². The molecule has 1 saturated carbocycles. The van der Waals surface area contributed by atoms with E-state index in [4.69, 9.17) is 5.11 Å². The minimum absolute atomic E-state index is 0.198. The molecule has 0 heterocycles. The van der Waals surface area contributed by atoms with Crippen LogP contribution >= 0.6 is 0 Å². The third-order valence-corrected chi connectivity index (χ3v) is 2.96. The zero-order valence-electron chi connectivity index (χ0n) is 10.3. The molecule has 0 bridgehead atoms. The van der Waals surface area contributed by atoms with Crippen LogP contribution < -0.4 is 0 Å². The Morgan fingerprint density at radius 2 is 2.06 bits per heavy atom. The molecule has 0 unspecified atom stereocenters. The summed E-state index contributed by atoms with van der Waals surface area (Å²) >= 11 is 0. The van der Waals surface area contributed by atoms with Crippen molar-refractivity contribution in [1.29, 1.82) is 0 Å². The SMILES string of the molecule is O=C(O)CCN(CC#Cc1ccccc1)C1CC1. The fraction of sp³-hybridized carbons (Fsp3) is 0.400. The van der Waals surface area contributed by atoms with Gasteiger partial charge in [-0.05, 0) is 25.0 Å². The molecule has 0 spiro atoms. The Balaban J connectivity index is 1.86. The van der Waals surface area contributed by atoms with Crippen LogP contribution in [0.4, 0.5) is 0 Å². The molecule has 3 heteroatoms. The van der Waals surface area contributed by atoms with Crippen molar-refractivity contribution in [3.05, 3.63) is 35.9 Å². The molecule has 1 aromatic rings. The third kappa shape index (κ3) is 4.23. The quantitative estimate of drug-likeness (QED) is 0.804. The van der Waals surface area contributed by atoms with Gasteiger partial charge in [0, 0.05) is 18.2 Å². The molecule has 1 N–H and O–H groups in total. The summed E-state index contributed by atoms with van der Waals surface area (Å²) in [4.78, 5) is 12.8. The monoisotopic (exact) mass is 243 g/mol. The Hall–Kier alpha value is -1.79. The number of carboxylic acid groups (broad SMARTS) is 1. The summed E-state index contributed by atoms with van der Waals surface area (Å²) in [6.45, 7) is 1.26. The predicted octanol–water partition coefficient (Wildman–Crippen LogP) is 1.98. The summed E-state index contributed by atoms with van der Waals surface area (Å²) in [7, 11) is 0. The zero-order chi connectivity index (χ0) is 12.8. The summed E-state index contributed by atoms with van der Waals surface area (Å²) in [5.41, 5.74) is 1.01. The topological polar surface area (TPSA) is 40.5 Å². The minimum Gasteiger partial charge on any atom is -0.481 e. The lowest BCUT2D eigenvalue weighted by molar-refractivity contribution is -0.137. The van der Waals surface area contributed by atoms with Crippen molar-refractivity contribution in [3.63, 3.8) is 0 Å². The van der Waals surface area contributed by atoms with Gasteiger partial charge in [-0.2, -0.15) is 0 Å². The lowest BCUT2D eigenvalue weighted by Crippen LogP contribution is -2.29. The van der Waals surface area contributed by atoms with Crippen molar-refractivity contribution >= 4 is 5.97 Å². The lowest BCUT2D eigenvalue weighted by atomic mass is 10.2. The highest BCUT2D eigenvalue weighted by Crippen LogP contribution is 2.26. The molecule has 0 saturated heterocycles. The first-order valence-corrected chi connectivity index (χ1v) is 6.25. The van der Waals surface area contributed by atoms with Crippen LogP contribution in [0, 0.1) is 11.8 Å². The van der Waals surface area contributed by atoms with Gasteiger partial charge in [0.05, 0.1) is 13.0 Å². The van der Waals surface area contributed by atoms with Gasteiger partial charge in [-0.25, -0.2) is 0 Å². The van der Waals surface area contributed by atoms with Gasteiger partial charge < -0.3 is 5.11 Å². The normalized spacial score (nSPS) is 14.1. The molecule has 1 aliphatic carbocycles. The average molecular weight is 243 g/mol. The van der Waals surface area contributed by atoms with Crippen LogP contribution in [-0.2, 0) is 4.79 Å². The van der Waals surface area contributed by atoms with Crippen molar-refractivity contribution in [3.8, 4) is 11.8 Å². The standard InChI is InChI=1S/C15H17NO2/c17-15(18)10-12-16(14-8-9-14)11-4-7-13-5-2-1-3-6-13/h1-3,5-6,14H,8-12H2,(H,17,18). The van der Waals surface area contributed by atoms with Crippen molar-refractivity contribution in [2.45, 2.75) is 25.3 Å². The Kier molecular flexibility index (Phi) is 4.38. The van der Waals surface area contributed by atoms with Crippen LogP contribution in [0.15, 0.2) is 30.3 Å². The molecule has 3 nitrogen and oxygen atoms in total. The average Bonchev–Trinajstić information content (AvgIpc) is 3.19. The van der Waals surface area contributed by atoms with Gasteiger partial charge in [-0.15, -0.1) is 0 Å². The third-order valence-electron chi connectivity index (χ3n) is 2.96. The number of aliphatic carboxylic acids is 1. The molecule has 1 fully saturated rings. The van der Waals surface area contributed by atoms with Crippen molar-refractivity contribution in [1.82, 2.24) is 4.90 Å². The molecule has 0 radical (unpaired) electrons. The van der Waals surface area contributed by atoms with Crippen LogP contribution in [-0.4, -0.2) is 35.1 Å². The summed E-state index contributed by atoms with van der Waals surface area (Å²) in [5.74, 6) is 5.50. The number of carbonyl (C=O) groups is 1. The van der Waals surface area contributed by atoms with Crippen LogP contribution in [0.1, 0.15) is 24.8 Å².